The predicted molar refractivity (Wildman–Crippen MR) is 101 cm³/mol. The highest BCUT2D eigenvalue weighted by Crippen LogP contribution is 2.27. The maximum Gasteiger partial charge on any atom is 0.161 e. The molecule has 5 heteroatoms. The van der Waals surface area contributed by atoms with Gasteiger partial charge in [-0.05, 0) is 42.0 Å². The van der Waals surface area contributed by atoms with E-state index in [-0.39, 0.29) is 0 Å². The first-order valence-electron chi connectivity index (χ1n) is 7.90. The normalized spacial score (nSPS) is 10.9. The third-order valence-electron chi connectivity index (χ3n) is 4.01. The van der Waals surface area contributed by atoms with E-state index in [0.717, 1.165) is 27.7 Å². The Morgan fingerprint density at radius 1 is 0.960 bits per heavy atom. The molecule has 2 aromatic carbocycles. The molecule has 25 heavy (non-hydrogen) atoms. The SMILES string of the molecule is Nc1cccc2nc(-c3cccnc3)nc(Cc3cccc(Cl)c3)c12. The molecule has 0 amide bonds. The lowest BCUT2D eigenvalue weighted by atomic mass is 10.0. The highest BCUT2D eigenvalue weighted by molar-refractivity contribution is 6.30. The van der Waals surface area contributed by atoms with E-state index in [9.17, 15) is 0 Å². The molecule has 0 aliphatic rings. The van der Waals surface area contributed by atoms with Gasteiger partial charge in [0.2, 0.25) is 0 Å². The van der Waals surface area contributed by atoms with Crippen LogP contribution in [0.4, 0.5) is 5.69 Å². The Bertz CT molecular complexity index is 1050. The number of rotatable bonds is 3. The van der Waals surface area contributed by atoms with Gasteiger partial charge in [0.05, 0.1) is 11.2 Å². The van der Waals surface area contributed by atoms with Crippen LogP contribution in [-0.2, 0) is 6.42 Å². The van der Waals surface area contributed by atoms with Gasteiger partial charge in [-0.1, -0.05) is 29.8 Å². The third kappa shape index (κ3) is 3.16. The van der Waals surface area contributed by atoms with Crippen LogP contribution in [0.3, 0.4) is 0 Å². The second-order valence-electron chi connectivity index (χ2n) is 5.78. The number of hydrogen-bond donors (Lipinski definition) is 1. The molecule has 0 aliphatic heterocycles. The topological polar surface area (TPSA) is 64.7 Å². The van der Waals surface area contributed by atoms with Gasteiger partial charge in [-0.25, -0.2) is 9.97 Å². The first-order valence-corrected chi connectivity index (χ1v) is 8.28. The summed E-state index contributed by atoms with van der Waals surface area (Å²) in [5.74, 6) is 0.642. The second-order valence-corrected chi connectivity index (χ2v) is 6.22. The molecule has 2 heterocycles. The summed E-state index contributed by atoms with van der Waals surface area (Å²) in [5.41, 5.74) is 10.5. The van der Waals surface area contributed by atoms with E-state index in [2.05, 4.69) is 9.97 Å². The Morgan fingerprint density at radius 3 is 2.64 bits per heavy atom. The molecule has 0 bridgehead atoms. The summed E-state index contributed by atoms with van der Waals surface area (Å²) >= 11 is 6.12. The minimum atomic E-state index is 0.626. The zero-order valence-electron chi connectivity index (χ0n) is 13.4. The quantitative estimate of drug-likeness (QED) is 0.554. The van der Waals surface area contributed by atoms with E-state index in [1.807, 2.05) is 54.6 Å². The summed E-state index contributed by atoms with van der Waals surface area (Å²) in [6, 6.07) is 17.3. The van der Waals surface area contributed by atoms with Crippen molar-refractivity contribution >= 4 is 28.2 Å². The number of benzene rings is 2. The fourth-order valence-corrected chi connectivity index (χ4v) is 3.09. The number of nitrogens with zero attached hydrogens (tertiary/aromatic N) is 3. The van der Waals surface area contributed by atoms with Gasteiger partial charge < -0.3 is 5.73 Å². The Balaban J connectivity index is 1.91. The van der Waals surface area contributed by atoms with E-state index in [4.69, 9.17) is 22.3 Å². The first kappa shape index (κ1) is 15.5. The smallest absolute Gasteiger partial charge is 0.161 e. The Morgan fingerprint density at radius 2 is 1.84 bits per heavy atom. The monoisotopic (exact) mass is 346 g/mol. The zero-order valence-corrected chi connectivity index (χ0v) is 14.1. The van der Waals surface area contributed by atoms with Crippen molar-refractivity contribution in [3.63, 3.8) is 0 Å². The van der Waals surface area contributed by atoms with E-state index in [0.29, 0.717) is 23.0 Å². The molecule has 4 nitrogen and oxygen atoms in total. The minimum Gasteiger partial charge on any atom is -0.398 e. The van der Waals surface area contributed by atoms with Crippen LogP contribution in [0.2, 0.25) is 5.02 Å². The summed E-state index contributed by atoms with van der Waals surface area (Å²) in [7, 11) is 0. The molecular weight excluding hydrogens is 332 g/mol. The summed E-state index contributed by atoms with van der Waals surface area (Å²) < 4.78 is 0. The largest absolute Gasteiger partial charge is 0.398 e. The molecule has 0 unspecified atom stereocenters. The Labute approximate surface area is 150 Å². The number of nitrogen functional groups attached to an aromatic ring is 1. The Kier molecular flexibility index (Phi) is 4.04. The molecule has 0 atom stereocenters. The molecule has 0 fully saturated rings. The molecule has 0 aliphatic carbocycles. The summed E-state index contributed by atoms with van der Waals surface area (Å²) in [6.07, 6.45) is 4.12. The van der Waals surface area contributed by atoms with Crippen molar-refractivity contribution in [2.24, 2.45) is 0 Å². The van der Waals surface area contributed by atoms with Crippen molar-refractivity contribution in [2.45, 2.75) is 6.42 Å². The van der Waals surface area contributed by atoms with Gasteiger partial charge >= 0.3 is 0 Å². The summed E-state index contributed by atoms with van der Waals surface area (Å²) in [6.45, 7) is 0. The number of nitrogens with two attached hydrogens (primary N) is 1. The lowest BCUT2D eigenvalue weighted by Gasteiger charge is -2.11. The number of halogens is 1. The molecule has 4 rings (SSSR count). The van der Waals surface area contributed by atoms with Crippen LogP contribution < -0.4 is 5.73 Å². The first-order chi connectivity index (χ1) is 12.2. The molecule has 2 aromatic heterocycles. The maximum absolute atomic E-state index is 6.21. The fourth-order valence-electron chi connectivity index (χ4n) is 2.88. The average molecular weight is 347 g/mol. The average Bonchev–Trinajstić information content (AvgIpc) is 2.62. The molecule has 0 saturated heterocycles. The van der Waals surface area contributed by atoms with Crippen molar-refractivity contribution in [3.05, 3.63) is 83.3 Å². The molecule has 122 valence electrons. The van der Waals surface area contributed by atoms with Crippen molar-refractivity contribution in [3.8, 4) is 11.4 Å². The standard InChI is InChI=1S/C20H15ClN4/c21-15-6-1-4-13(10-15)11-18-19-16(22)7-2-8-17(19)24-20(25-18)14-5-3-9-23-12-14/h1-10,12H,11,22H2. The van der Waals surface area contributed by atoms with Gasteiger partial charge in [0.25, 0.3) is 0 Å². The summed E-state index contributed by atoms with van der Waals surface area (Å²) in [4.78, 5) is 13.6. The van der Waals surface area contributed by atoms with E-state index in [1.54, 1.807) is 12.4 Å². The molecule has 0 radical (unpaired) electrons. The van der Waals surface area contributed by atoms with E-state index < -0.39 is 0 Å². The lowest BCUT2D eigenvalue weighted by molar-refractivity contribution is 1.07. The van der Waals surface area contributed by atoms with Crippen LogP contribution in [-0.4, -0.2) is 15.0 Å². The molecular formula is C20H15ClN4. The van der Waals surface area contributed by atoms with Crippen LogP contribution in [0.15, 0.2) is 67.0 Å². The van der Waals surface area contributed by atoms with Gasteiger partial charge in [0, 0.05) is 40.5 Å². The van der Waals surface area contributed by atoms with Crippen molar-refractivity contribution in [1.82, 2.24) is 15.0 Å². The van der Waals surface area contributed by atoms with E-state index in [1.165, 1.54) is 0 Å². The molecule has 2 N–H and O–H groups in total. The number of hydrogen-bond acceptors (Lipinski definition) is 4. The van der Waals surface area contributed by atoms with Crippen LogP contribution >= 0.6 is 11.6 Å². The highest BCUT2D eigenvalue weighted by Gasteiger charge is 2.12. The lowest BCUT2D eigenvalue weighted by Crippen LogP contribution is -2.02. The Hall–Kier alpha value is -2.98. The number of aromatic nitrogens is 3. The maximum atomic E-state index is 6.21. The number of fused-ring (bicyclic) bond motifs is 1. The van der Waals surface area contributed by atoms with Crippen LogP contribution in [0, 0.1) is 0 Å². The van der Waals surface area contributed by atoms with Crippen molar-refractivity contribution in [1.29, 1.82) is 0 Å². The van der Waals surface area contributed by atoms with Gasteiger partial charge in [-0.3, -0.25) is 4.98 Å². The number of pyridine rings is 1. The summed E-state index contributed by atoms with van der Waals surface area (Å²) in [5, 5.41) is 1.59. The van der Waals surface area contributed by atoms with Crippen LogP contribution in [0.25, 0.3) is 22.3 Å². The molecule has 0 saturated carbocycles. The van der Waals surface area contributed by atoms with Crippen LogP contribution in [0.5, 0.6) is 0 Å². The van der Waals surface area contributed by atoms with Crippen molar-refractivity contribution < 1.29 is 0 Å². The van der Waals surface area contributed by atoms with Gasteiger partial charge in [-0.2, -0.15) is 0 Å². The predicted octanol–water partition coefficient (Wildman–Crippen LogP) is 4.52. The molecule has 0 spiro atoms. The van der Waals surface area contributed by atoms with Gasteiger partial charge in [0.15, 0.2) is 5.82 Å². The third-order valence-corrected chi connectivity index (χ3v) is 4.25. The zero-order chi connectivity index (χ0) is 17.2. The second kappa shape index (κ2) is 6.49. The minimum absolute atomic E-state index is 0.626. The number of anilines is 1. The fraction of sp³-hybridized carbons (Fsp3) is 0.0500. The van der Waals surface area contributed by atoms with Crippen LogP contribution in [0.1, 0.15) is 11.3 Å². The van der Waals surface area contributed by atoms with Crippen molar-refractivity contribution in [2.75, 3.05) is 5.73 Å². The van der Waals surface area contributed by atoms with Gasteiger partial charge in [-0.15, -0.1) is 0 Å². The van der Waals surface area contributed by atoms with E-state index >= 15 is 0 Å². The molecule has 4 aromatic rings. The van der Waals surface area contributed by atoms with Gasteiger partial charge in [0.1, 0.15) is 0 Å². The highest BCUT2D eigenvalue weighted by atomic mass is 35.5.